The van der Waals surface area contributed by atoms with Gasteiger partial charge in [-0.2, -0.15) is 0 Å². The highest BCUT2D eigenvalue weighted by atomic mass is 16.5. The number of rotatable bonds is 6. The van der Waals surface area contributed by atoms with Crippen LogP contribution in [0.5, 0.6) is 5.75 Å². The number of ether oxygens (including phenoxy) is 1. The fourth-order valence-corrected chi connectivity index (χ4v) is 1.46. The second-order valence-electron chi connectivity index (χ2n) is 3.95. The smallest absolute Gasteiger partial charge is 0.122 e. The Labute approximate surface area is 97.1 Å². The van der Waals surface area contributed by atoms with Crippen molar-refractivity contribution in [2.24, 2.45) is 5.73 Å². The van der Waals surface area contributed by atoms with Crippen molar-refractivity contribution in [3.8, 4) is 5.75 Å². The Balaban J connectivity index is 2.63. The zero-order valence-electron chi connectivity index (χ0n) is 10.0. The lowest BCUT2D eigenvalue weighted by molar-refractivity contribution is 0.304. The molecule has 1 aromatic carbocycles. The summed E-state index contributed by atoms with van der Waals surface area (Å²) in [5.74, 6) is 0.919. The first-order valence-electron chi connectivity index (χ1n) is 5.73. The lowest BCUT2D eigenvalue weighted by Gasteiger charge is -2.10. The SMILES string of the molecule is CCCCCOc1cc(C(=N)N)ccc1C. The predicted octanol–water partition coefficient (Wildman–Crippen LogP) is 2.85. The third-order valence-electron chi connectivity index (χ3n) is 2.50. The molecular weight excluding hydrogens is 200 g/mol. The van der Waals surface area contributed by atoms with Crippen LogP contribution in [0.4, 0.5) is 0 Å². The van der Waals surface area contributed by atoms with Crippen LogP contribution < -0.4 is 10.5 Å². The van der Waals surface area contributed by atoms with E-state index in [1.54, 1.807) is 0 Å². The van der Waals surface area contributed by atoms with Gasteiger partial charge in [0.15, 0.2) is 0 Å². The van der Waals surface area contributed by atoms with Crippen LogP contribution in [0.1, 0.15) is 37.3 Å². The van der Waals surface area contributed by atoms with Crippen molar-refractivity contribution in [2.75, 3.05) is 6.61 Å². The van der Waals surface area contributed by atoms with E-state index in [0.29, 0.717) is 0 Å². The highest BCUT2D eigenvalue weighted by Gasteiger charge is 2.03. The zero-order chi connectivity index (χ0) is 12.0. The molecule has 0 saturated heterocycles. The molecule has 3 nitrogen and oxygen atoms in total. The van der Waals surface area contributed by atoms with Crippen molar-refractivity contribution in [2.45, 2.75) is 33.1 Å². The van der Waals surface area contributed by atoms with Crippen LogP contribution in [0.25, 0.3) is 0 Å². The van der Waals surface area contributed by atoms with Crippen LogP contribution in [0.3, 0.4) is 0 Å². The largest absolute Gasteiger partial charge is 0.493 e. The van der Waals surface area contributed by atoms with Gasteiger partial charge in [-0.1, -0.05) is 31.9 Å². The summed E-state index contributed by atoms with van der Waals surface area (Å²) in [5.41, 5.74) is 7.24. The van der Waals surface area contributed by atoms with Crippen LogP contribution in [0, 0.1) is 12.3 Å². The van der Waals surface area contributed by atoms with Gasteiger partial charge in [-0.3, -0.25) is 5.41 Å². The molecule has 0 aliphatic heterocycles. The molecule has 0 aromatic heterocycles. The summed E-state index contributed by atoms with van der Waals surface area (Å²) in [5, 5.41) is 7.37. The Kier molecular flexibility index (Phi) is 4.83. The van der Waals surface area contributed by atoms with E-state index in [1.165, 1.54) is 12.8 Å². The lowest BCUT2D eigenvalue weighted by Crippen LogP contribution is -2.11. The van der Waals surface area contributed by atoms with Gasteiger partial charge >= 0.3 is 0 Å². The highest BCUT2D eigenvalue weighted by Crippen LogP contribution is 2.19. The van der Waals surface area contributed by atoms with Gasteiger partial charge in [0, 0.05) is 5.56 Å². The highest BCUT2D eigenvalue weighted by molar-refractivity contribution is 5.95. The predicted molar refractivity (Wildman–Crippen MR) is 67.2 cm³/mol. The number of amidine groups is 1. The molecule has 16 heavy (non-hydrogen) atoms. The third kappa shape index (κ3) is 3.57. The molecule has 0 bridgehead atoms. The minimum absolute atomic E-state index is 0.0819. The molecule has 0 heterocycles. The molecule has 0 saturated carbocycles. The first kappa shape index (κ1) is 12.6. The summed E-state index contributed by atoms with van der Waals surface area (Å²) >= 11 is 0. The Bertz CT molecular complexity index is 361. The molecule has 3 N–H and O–H groups in total. The van der Waals surface area contributed by atoms with Crippen LogP contribution in [0.15, 0.2) is 18.2 Å². The van der Waals surface area contributed by atoms with Crippen molar-refractivity contribution >= 4 is 5.84 Å². The Morgan fingerprint density at radius 1 is 1.38 bits per heavy atom. The maximum absolute atomic E-state index is 7.37. The lowest BCUT2D eigenvalue weighted by atomic mass is 10.1. The number of aryl methyl sites for hydroxylation is 1. The molecule has 1 rings (SSSR count). The normalized spacial score (nSPS) is 10.1. The minimum atomic E-state index is 0.0819. The van der Waals surface area contributed by atoms with E-state index in [0.717, 1.165) is 29.9 Å². The number of nitrogens with two attached hydrogens (primary N) is 1. The van der Waals surface area contributed by atoms with Crippen LogP contribution in [0.2, 0.25) is 0 Å². The molecule has 88 valence electrons. The number of benzene rings is 1. The number of hydrogen-bond donors (Lipinski definition) is 2. The Morgan fingerprint density at radius 2 is 2.12 bits per heavy atom. The molecule has 0 radical (unpaired) electrons. The molecule has 0 atom stereocenters. The van der Waals surface area contributed by atoms with Gasteiger partial charge in [0.05, 0.1) is 6.61 Å². The summed E-state index contributed by atoms with van der Waals surface area (Å²) in [7, 11) is 0. The monoisotopic (exact) mass is 220 g/mol. The van der Waals surface area contributed by atoms with E-state index < -0.39 is 0 Å². The molecular formula is C13H20N2O. The van der Waals surface area contributed by atoms with Crippen LogP contribution >= 0.6 is 0 Å². The van der Waals surface area contributed by atoms with Gasteiger partial charge in [-0.05, 0) is 25.0 Å². The zero-order valence-corrected chi connectivity index (χ0v) is 10.0. The number of nitrogen functional groups attached to an aromatic ring is 1. The van der Waals surface area contributed by atoms with Crippen molar-refractivity contribution in [3.05, 3.63) is 29.3 Å². The van der Waals surface area contributed by atoms with E-state index in [1.807, 2.05) is 25.1 Å². The minimum Gasteiger partial charge on any atom is -0.493 e. The van der Waals surface area contributed by atoms with Crippen molar-refractivity contribution in [1.29, 1.82) is 5.41 Å². The molecule has 0 aliphatic carbocycles. The molecule has 0 spiro atoms. The van der Waals surface area contributed by atoms with Gasteiger partial charge in [0.25, 0.3) is 0 Å². The summed E-state index contributed by atoms with van der Waals surface area (Å²) in [6, 6.07) is 5.62. The molecule has 0 unspecified atom stereocenters. The summed E-state index contributed by atoms with van der Waals surface area (Å²) < 4.78 is 5.68. The first-order valence-corrected chi connectivity index (χ1v) is 5.73. The molecule has 0 amide bonds. The fourth-order valence-electron chi connectivity index (χ4n) is 1.46. The summed E-state index contributed by atoms with van der Waals surface area (Å²) in [6.45, 7) is 4.90. The van der Waals surface area contributed by atoms with Crippen LogP contribution in [-0.2, 0) is 0 Å². The van der Waals surface area contributed by atoms with Crippen molar-refractivity contribution in [1.82, 2.24) is 0 Å². The van der Waals surface area contributed by atoms with Gasteiger partial charge < -0.3 is 10.5 Å². The average Bonchev–Trinajstić information content (AvgIpc) is 2.26. The summed E-state index contributed by atoms with van der Waals surface area (Å²) in [4.78, 5) is 0. The Hall–Kier alpha value is -1.51. The topological polar surface area (TPSA) is 59.1 Å². The van der Waals surface area contributed by atoms with E-state index in [4.69, 9.17) is 15.9 Å². The third-order valence-corrected chi connectivity index (χ3v) is 2.50. The van der Waals surface area contributed by atoms with Gasteiger partial charge in [0.1, 0.15) is 11.6 Å². The molecule has 0 aliphatic rings. The number of unbranched alkanes of at least 4 members (excludes halogenated alkanes) is 2. The maximum Gasteiger partial charge on any atom is 0.122 e. The fraction of sp³-hybridized carbons (Fsp3) is 0.462. The molecule has 3 heteroatoms. The van der Waals surface area contributed by atoms with Crippen LogP contribution in [-0.4, -0.2) is 12.4 Å². The van der Waals surface area contributed by atoms with Crippen molar-refractivity contribution < 1.29 is 4.74 Å². The van der Waals surface area contributed by atoms with E-state index >= 15 is 0 Å². The standard InChI is InChI=1S/C13H20N2O/c1-3-4-5-8-16-12-9-11(13(14)15)7-6-10(12)2/h6-7,9H,3-5,8H2,1-2H3,(H3,14,15). The quantitative estimate of drug-likeness (QED) is 0.440. The number of nitrogens with one attached hydrogen (secondary N) is 1. The second kappa shape index (κ2) is 6.16. The van der Waals surface area contributed by atoms with Crippen molar-refractivity contribution in [3.63, 3.8) is 0 Å². The van der Waals surface area contributed by atoms with E-state index in [2.05, 4.69) is 6.92 Å². The number of hydrogen-bond acceptors (Lipinski definition) is 2. The first-order chi connectivity index (χ1) is 7.65. The summed E-state index contributed by atoms with van der Waals surface area (Å²) in [6.07, 6.45) is 3.45. The van der Waals surface area contributed by atoms with Gasteiger partial charge in [-0.15, -0.1) is 0 Å². The maximum atomic E-state index is 7.37. The van der Waals surface area contributed by atoms with E-state index in [9.17, 15) is 0 Å². The van der Waals surface area contributed by atoms with Gasteiger partial charge in [0.2, 0.25) is 0 Å². The van der Waals surface area contributed by atoms with E-state index in [-0.39, 0.29) is 5.84 Å². The molecule has 1 aromatic rings. The van der Waals surface area contributed by atoms with Gasteiger partial charge in [-0.25, -0.2) is 0 Å². The second-order valence-corrected chi connectivity index (χ2v) is 3.95. The average molecular weight is 220 g/mol. The molecule has 0 fully saturated rings. The Morgan fingerprint density at radius 3 is 2.75 bits per heavy atom.